The van der Waals surface area contributed by atoms with E-state index in [4.69, 9.17) is 5.73 Å². The van der Waals surface area contributed by atoms with E-state index < -0.39 is 0 Å². The zero-order chi connectivity index (χ0) is 13.3. The van der Waals surface area contributed by atoms with E-state index in [0.29, 0.717) is 0 Å². The van der Waals surface area contributed by atoms with E-state index in [2.05, 4.69) is 4.98 Å². The van der Waals surface area contributed by atoms with Crippen LogP contribution < -0.4 is 5.73 Å². The molecule has 2 aromatic rings. The number of thiazole rings is 1. The summed E-state index contributed by atoms with van der Waals surface area (Å²) < 4.78 is 12.9. The summed E-state index contributed by atoms with van der Waals surface area (Å²) in [5, 5.41) is 0.923. The number of rotatable bonds is 3. The van der Waals surface area contributed by atoms with Crippen molar-refractivity contribution >= 4 is 11.3 Å². The molecule has 0 aliphatic heterocycles. The highest BCUT2D eigenvalue weighted by atomic mass is 32.1. The summed E-state index contributed by atoms with van der Waals surface area (Å²) in [5.41, 5.74) is 7.76. The molecule has 0 fully saturated rings. The minimum Gasteiger partial charge on any atom is -0.325 e. The van der Waals surface area contributed by atoms with Gasteiger partial charge in [0, 0.05) is 22.4 Å². The first-order valence-electron chi connectivity index (χ1n) is 5.86. The molecular weight excluding hydrogens is 247 g/mol. The third-order valence-corrected chi connectivity index (χ3v) is 3.81. The predicted molar refractivity (Wildman–Crippen MR) is 74.2 cm³/mol. The zero-order valence-corrected chi connectivity index (χ0v) is 11.6. The Morgan fingerprint density at radius 3 is 2.44 bits per heavy atom. The fraction of sp³-hybridized carbons (Fsp3) is 0.357. The number of aryl methyl sites for hydroxylation is 1. The lowest BCUT2D eigenvalue weighted by Gasteiger charge is -2.16. The minimum absolute atomic E-state index is 0.227. The lowest BCUT2D eigenvalue weighted by molar-refractivity contribution is 0.519. The number of hydrogen-bond donors (Lipinski definition) is 1. The highest BCUT2D eigenvalue weighted by Gasteiger charge is 2.17. The van der Waals surface area contributed by atoms with E-state index in [0.717, 1.165) is 22.7 Å². The summed E-state index contributed by atoms with van der Waals surface area (Å²) in [6.45, 7) is 6.00. The van der Waals surface area contributed by atoms with E-state index >= 15 is 0 Å². The number of nitrogens with two attached hydrogens (primary N) is 1. The number of nitrogens with zero attached hydrogens (tertiary/aromatic N) is 1. The van der Waals surface area contributed by atoms with Crippen LogP contribution in [0.4, 0.5) is 4.39 Å². The van der Waals surface area contributed by atoms with Crippen LogP contribution in [0.25, 0.3) is 10.6 Å². The molecule has 0 bridgehead atoms. The Balaban J connectivity index is 2.31. The number of aromatic nitrogens is 1. The van der Waals surface area contributed by atoms with Crippen LogP contribution in [0.5, 0.6) is 0 Å². The molecule has 1 aromatic carbocycles. The summed E-state index contributed by atoms with van der Waals surface area (Å²) in [4.78, 5) is 5.73. The number of halogens is 1. The van der Waals surface area contributed by atoms with Gasteiger partial charge in [0.05, 0.1) is 5.69 Å². The average molecular weight is 264 g/mol. The molecule has 0 amide bonds. The SMILES string of the molecule is Cc1nc(-c2ccc(F)cc2)sc1CC(C)(C)N. The lowest BCUT2D eigenvalue weighted by Crippen LogP contribution is -2.34. The molecule has 0 aliphatic carbocycles. The van der Waals surface area contributed by atoms with Crippen molar-refractivity contribution in [1.29, 1.82) is 0 Å². The third kappa shape index (κ3) is 3.15. The van der Waals surface area contributed by atoms with Gasteiger partial charge in [-0.3, -0.25) is 0 Å². The van der Waals surface area contributed by atoms with Crippen molar-refractivity contribution in [2.75, 3.05) is 0 Å². The Kier molecular flexibility index (Phi) is 3.50. The molecule has 96 valence electrons. The summed E-state index contributed by atoms with van der Waals surface area (Å²) in [6.07, 6.45) is 0.803. The molecular formula is C14H17FN2S. The Morgan fingerprint density at radius 2 is 1.89 bits per heavy atom. The first-order chi connectivity index (χ1) is 8.35. The van der Waals surface area contributed by atoms with Crippen LogP contribution in [0.3, 0.4) is 0 Å². The standard InChI is InChI=1S/C14H17FN2S/c1-9-12(8-14(2,3)16)18-13(17-9)10-4-6-11(15)7-5-10/h4-7H,8,16H2,1-3H3. The summed E-state index contributed by atoms with van der Waals surface area (Å²) >= 11 is 1.63. The molecule has 0 radical (unpaired) electrons. The lowest BCUT2D eigenvalue weighted by atomic mass is 10.0. The fourth-order valence-corrected chi connectivity index (χ4v) is 3.03. The van der Waals surface area contributed by atoms with Gasteiger partial charge in [0.1, 0.15) is 10.8 Å². The van der Waals surface area contributed by atoms with Gasteiger partial charge in [-0.05, 0) is 45.0 Å². The van der Waals surface area contributed by atoms with E-state index in [1.165, 1.54) is 17.0 Å². The summed E-state index contributed by atoms with van der Waals surface area (Å²) in [5.74, 6) is -0.227. The predicted octanol–water partition coefficient (Wildman–Crippen LogP) is 3.54. The maximum Gasteiger partial charge on any atom is 0.123 e. The van der Waals surface area contributed by atoms with Crippen molar-refractivity contribution in [3.05, 3.63) is 40.7 Å². The second kappa shape index (κ2) is 4.78. The zero-order valence-electron chi connectivity index (χ0n) is 10.8. The smallest absolute Gasteiger partial charge is 0.123 e. The van der Waals surface area contributed by atoms with Gasteiger partial charge in [-0.15, -0.1) is 11.3 Å². The quantitative estimate of drug-likeness (QED) is 0.921. The fourth-order valence-electron chi connectivity index (χ4n) is 1.72. The van der Waals surface area contributed by atoms with E-state index in [-0.39, 0.29) is 11.4 Å². The number of hydrogen-bond acceptors (Lipinski definition) is 3. The molecule has 0 aliphatic rings. The molecule has 0 atom stereocenters. The van der Waals surface area contributed by atoms with Crippen molar-refractivity contribution < 1.29 is 4.39 Å². The Labute approximate surface area is 111 Å². The normalized spacial score (nSPS) is 11.8. The molecule has 1 aromatic heterocycles. The van der Waals surface area contributed by atoms with Gasteiger partial charge in [0.15, 0.2) is 0 Å². The third-order valence-electron chi connectivity index (χ3n) is 2.60. The van der Waals surface area contributed by atoms with Crippen molar-refractivity contribution in [3.8, 4) is 10.6 Å². The average Bonchev–Trinajstić information content (AvgIpc) is 2.59. The second-order valence-electron chi connectivity index (χ2n) is 5.20. The van der Waals surface area contributed by atoms with Crippen LogP contribution >= 0.6 is 11.3 Å². The Hall–Kier alpha value is -1.26. The van der Waals surface area contributed by atoms with Crippen LogP contribution in [0.15, 0.2) is 24.3 Å². The highest BCUT2D eigenvalue weighted by Crippen LogP contribution is 2.29. The van der Waals surface area contributed by atoms with Gasteiger partial charge in [-0.2, -0.15) is 0 Å². The van der Waals surface area contributed by atoms with E-state index in [1.54, 1.807) is 23.5 Å². The first kappa shape index (κ1) is 13.2. The molecule has 2 nitrogen and oxygen atoms in total. The minimum atomic E-state index is -0.239. The van der Waals surface area contributed by atoms with E-state index in [9.17, 15) is 4.39 Å². The van der Waals surface area contributed by atoms with Gasteiger partial charge in [0.2, 0.25) is 0 Å². The molecule has 18 heavy (non-hydrogen) atoms. The van der Waals surface area contributed by atoms with Crippen LogP contribution in [-0.2, 0) is 6.42 Å². The summed E-state index contributed by atoms with van der Waals surface area (Å²) in [7, 11) is 0. The molecule has 0 saturated carbocycles. The van der Waals surface area contributed by atoms with Crippen molar-refractivity contribution in [2.24, 2.45) is 5.73 Å². The van der Waals surface area contributed by atoms with Gasteiger partial charge in [0.25, 0.3) is 0 Å². The maximum atomic E-state index is 12.9. The van der Waals surface area contributed by atoms with Gasteiger partial charge >= 0.3 is 0 Å². The topological polar surface area (TPSA) is 38.9 Å². The maximum absolute atomic E-state index is 12.9. The molecule has 1 heterocycles. The van der Waals surface area contributed by atoms with E-state index in [1.807, 2.05) is 20.8 Å². The van der Waals surface area contributed by atoms with Crippen LogP contribution in [0.1, 0.15) is 24.4 Å². The monoisotopic (exact) mass is 264 g/mol. The molecule has 0 saturated heterocycles. The van der Waals surface area contributed by atoms with Gasteiger partial charge in [-0.1, -0.05) is 0 Å². The highest BCUT2D eigenvalue weighted by molar-refractivity contribution is 7.15. The van der Waals surface area contributed by atoms with Crippen LogP contribution in [0, 0.1) is 12.7 Å². The Bertz CT molecular complexity index is 538. The first-order valence-corrected chi connectivity index (χ1v) is 6.68. The Morgan fingerprint density at radius 1 is 1.28 bits per heavy atom. The van der Waals surface area contributed by atoms with Crippen molar-refractivity contribution in [2.45, 2.75) is 32.7 Å². The van der Waals surface area contributed by atoms with Crippen LogP contribution in [-0.4, -0.2) is 10.5 Å². The van der Waals surface area contributed by atoms with Crippen molar-refractivity contribution in [1.82, 2.24) is 4.98 Å². The summed E-state index contributed by atoms with van der Waals surface area (Å²) in [6, 6.07) is 6.42. The molecule has 2 N–H and O–H groups in total. The van der Waals surface area contributed by atoms with Gasteiger partial charge < -0.3 is 5.73 Å². The van der Waals surface area contributed by atoms with Crippen LogP contribution in [0.2, 0.25) is 0 Å². The van der Waals surface area contributed by atoms with Crippen molar-refractivity contribution in [3.63, 3.8) is 0 Å². The molecule has 2 rings (SSSR count). The largest absolute Gasteiger partial charge is 0.325 e. The number of benzene rings is 1. The molecule has 0 spiro atoms. The van der Waals surface area contributed by atoms with Gasteiger partial charge in [-0.25, -0.2) is 9.37 Å². The molecule has 4 heteroatoms. The second-order valence-corrected chi connectivity index (χ2v) is 6.28. The molecule has 0 unspecified atom stereocenters.